The van der Waals surface area contributed by atoms with Gasteiger partial charge in [0.2, 0.25) is 5.91 Å². The van der Waals surface area contributed by atoms with Crippen LogP contribution in [0.3, 0.4) is 0 Å². The molecule has 1 atom stereocenters. The van der Waals surface area contributed by atoms with E-state index in [-0.39, 0.29) is 12.5 Å². The third-order valence-corrected chi connectivity index (χ3v) is 4.33. The van der Waals surface area contributed by atoms with Crippen molar-refractivity contribution in [3.63, 3.8) is 0 Å². The van der Waals surface area contributed by atoms with Crippen molar-refractivity contribution in [3.05, 3.63) is 47.4 Å². The number of rotatable bonds is 9. The summed E-state index contributed by atoms with van der Waals surface area (Å²) in [5.74, 6) is 2.58. The summed E-state index contributed by atoms with van der Waals surface area (Å²) >= 11 is 0. The summed E-state index contributed by atoms with van der Waals surface area (Å²) in [4.78, 5) is 15.7. The largest absolute Gasteiger partial charge is 0.492 e. The highest BCUT2D eigenvalue weighted by Gasteiger charge is 2.27. The van der Waals surface area contributed by atoms with Gasteiger partial charge in [-0.15, -0.1) is 0 Å². The molecule has 1 amide bonds. The van der Waals surface area contributed by atoms with Crippen LogP contribution >= 0.6 is 0 Å². The highest BCUT2D eigenvalue weighted by molar-refractivity contribution is 5.88. The molecular weight excluding hydrogens is 384 g/mol. The number of carbonyl (C=O) groups excluding carboxylic acids is 1. The number of hydrogen-bond donors (Lipinski definition) is 4. The molecular formula is C22H32N4O4. The van der Waals surface area contributed by atoms with E-state index >= 15 is 0 Å². The molecule has 0 aliphatic carbocycles. The smallest absolute Gasteiger partial charge is 0.221 e. The summed E-state index contributed by atoms with van der Waals surface area (Å²) in [7, 11) is 0. The van der Waals surface area contributed by atoms with Crippen molar-refractivity contribution in [1.82, 2.24) is 10.6 Å². The summed E-state index contributed by atoms with van der Waals surface area (Å²) in [6.07, 6.45) is 0. The van der Waals surface area contributed by atoms with Crippen molar-refractivity contribution >= 4 is 17.6 Å². The fourth-order valence-electron chi connectivity index (χ4n) is 3.03. The number of anilines is 1. The molecule has 2 aromatic rings. The zero-order valence-corrected chi connectivity index (χ0v) is 18.3. The van der Waals surface area contributed by atoms with Crippen molar-refractivity contribution in [2.45, 2.75) is 40.2 Å². The summed E-state index contributed by atoms with van der Waals surface area (Å²) in [5.41, 5.74) is 0.294. The zero-order valence-electron chi connectivity index (χ0n) is 18.3. The van der Waals surface area contributed by atoms with E-state index in [1.54, 1.807) is 19.1 Å². The number of guanidine groups is 1. The van der Waals surface area contributed by atoms with Gasteiger partial charge in [-0.2, -0.15) is 0 Å². The molecule has 164 valence electrons. The molecule has 4 N–H and O–H groups in total. The molecule has 0 fully saturated rings. The van der Waals surface area contributed by atoms with E-state index < -0.39 is 5.60 Å². The van der Waals surface area contributed by atoms with E-state index in [9.17, 15) is 9.90 Å². The first-order valence-electron chi connectivity index (χ1n) is 10.0. The molecule has 0 saturated carbocycles. The van der Waals surface area contributed by atoms with Crippen LogP contribution in [0, 0.1) is 13.8 Å². The van der Waals surface area contributed by atoms with E-state index in [0.717, 1.165) is 11.3 Å². The van der Waals surface area contributed by atoms with Gasteiger partial charge in [0.1, 0.15) is 29.5 Å². The number of hydrogen-bond acceptors (Lipinski definition) is 5. The number of benzene rings is 1. The monoisotopic (exact) mass is 416 g/mol. The zero-order chi connectivity index (χ0) is 22.1. The standard InChI is InChI=1S/C22H32N4O4/c1-6-23-21(25-14-22(5,28)20-12-15(2)30-16(20)3)24-10-11-29-19-9-7-8-18(13-19)26-17(4)27/h7-9,12-13,28H,6,10-11,14H2,1-5H3,(H,26,27)(H2,23,24,25). The Labute approximate surface area is 177 Å². The molecule has 8 nitrogen and oxygen atoms in total. The Morgan fingerprint density at radius 2 is 2.03 bits per heavy atom. The van der Waals surface area contributed by atoms with Gasteiger partial charge in [0.05, 0.1) is 13.1 Å². The molecule has 0 aliphatic rings. The number of furan rings is 1. The summed E-state index contributed by atoms with van der Waals surface area (Å²) in [6, 6.07) is 9.07. The minimum absolute atomic E-state index is 0.128. The van der Waals surface area contributed by atoms with Gasteiger partial charge in [0.15, 0.2) is 5.96 Å². The first-order valence-corrected chi connectivity index (χ1v) is 10.0. The van der Waals surface area contributed by atoms with Crippen molar-refractivity contribution in [2.24, 2.45) is 4.99 Å². The number of amides is 1. The number of nitrogens with one attached hydrogen (secondary N) is 3. The van der Waals surface area contributed by atoms with Gasteiger partial charge < -0.3 is 30.2 Å². The van der Waals surface area contributed by atoms with Gasteiger partial charge in [-0.3, -0.25) is 4.79 Å². The molecule has 1 unspecified atom stereocenters. The fraction of sp³-hybridized carbons (Fsp3) is 0.455. The van der Waals surface area contributed by atoms with Crippen LogP contribution in [0.15, 0.2) is 39.7 Å². The van der Waals surface area contributed by atoms with Crippen LogP contribution in [0.25, 0.3) is 0 Å². The second-order valence-electron chi connectivity index (χ2n) is 7.28. The first kappa shape index (κ1) is 23.3. The number of aryl methyl sites for hydroxylation is 2. The Hall–Kier alpha value is -3.00. The molecule has 0 spiro atoms. The average Bonchev–Trinajstić information content (AvgIpc) is 3.02. The van der Waals surface area contributed by atoms with Gasteiger partial charge >= 0.3 is 0 Å². The summed E-state index contributed by atoms with van der Waals surface area (Å²) in [5, 5.41) is 19.9. The van der Waals surface area contributed by atoms with E-state index in [1.165, 1.54) is 6.92 Å². The molecule has 1 aromatic carbocycles. The van der Waals surface area contributed by atoms with Crippen LogP contribution in [0.2, 0.25) is 0 Å². The predicted molar refractivity (Wildman–Crippen MR) is 118 cm³/mol. The lowest BCUT2D eigenvalue weighted by Gasteiger charge is -2.21. The fourth-order valence-corrected chi connectivity index (χ4v) is 3.03. The van der Waals surface area contributed by atoms with Gasteiger partial charge in [0, 0.05) is 30.8 Å². The van der Waals surface area contributed by atoms with Crippen molar-refractivity contribution < 1.29 is 19.1 Å². The molecule has 30 heavy (non-hydrogen) atoms. The van der Waals surface area contributed by atoms with E-state index in [2.05, 4.69) is 20.9 Å². The number of nitrogens with zero attached hydrogens (tertiary/aromatic N) is 1. The molecule has 1 heterocycles. The Bertz CT molecular complexity index is 874. The maximum Gasteiger partial charge on any atom is 0.221 e. The molecule has 2 rings (SSSR count). The topological polar surface area (TPSA) is 108 Å². The molecule has 0 aliphatic heterocycles. The predicted octanol–water partition coefficient (Wildman–Crippen LogP) is 2.70. The van der Waals surface area contributed by atoms with Crippen LogP contribution in [0.5, 0.6) is 5.75 Å². The number of aliphatic hydroxyl groups is 1. The number of ether oxygens (including phenoxy) is 1. The van der Waals surface area contributed by atoms with Crippen molar-refractivity contribution in [2.75, 3.05) is 31.6 Å². The summed E-state index contributed by atoms with van der Waals surface area (Å²) in [6.45, 7) is 10.7. The molecule has 8 heteroatoms. The third kappa shape index (κ3) is 7.11. The third-order valence-electron chi connectivity index (χ3n) is 4.33. The van der Waals surface area contributed by atoms with E-state index in [0.29, 0.717) is 42.9 Å². The summed E-state index contributed by atoms with van der Waals surface area (Å²) < 4.78 is 11.3. The highest BCUT2D eigenvalue weighted by atomic mass is 16.5. The molecule has 0 bridgehead atoms. The maximum absolute atomic E-state index is 11.2. The Balaban J connectivity index is 1.89. The Morgan fingerprint density at radius 1 is 1.27 bits per heavy atom. The lowest BCUT2D eigenvalue weighted by molar-refractivity contribution is -0.114. The lowest BCUT2D eigenvalue weighted by atomic mass is 9.96. The van der Waals surface area contributed by atoms with Gasteiger partial charge in [-0.05, 0) is 45.9 Å². The van der Waals surface area contributed by atoms with E-state index in [4.69, 9.17) is 9.15 Å². The molecule has 0 radical (unpaired) electrons. The van der Waals surface area contributed by atoms with Crippen LogP contribution < -0.4 is 20.7 Å². The van der Waals surface area contributed by atoms with Crippen molar-refractivity contribution in [3.8, 4) is 5.75 Å². The van der Waals surface area contributed by atoms with Crippen LogP contribution in [0.4, 0.5) is 5.69 Å². The van der Waals surface area contributed by atoms with Crippen LogP contribution in [-0.4, -0.2) is 43.2 Å². The number of aliphatic imine (C=N–C) groups is 1. The normalized spacial score (nSPS) is 13.5. The quantitative estimate of drug-likeness (QED) is 0.284. The average molecular weight is 417 g/mol. The lowest BCUT2D eigenvalue weighted by Crippen LogP contribution is -2.40. The second-order valence-corrected chi connectivity index (χ2v) is 7.28. The van der Waals surface area contributed by atoms with Gasteiger partial charge in [0.25, 0.3) is 0 Å². The molecule has 0 saturated heterocycles. The van der Waals surface area contributed by atoms with Crippen LogP contribution in [-0.2, 0) is 10.4 Å². The SMILES string of the molecule is CCNC(=NCC(C)(O)c1cc(C)oc1C)NCCOc1cccc(NC(C)=O)c1. The first-order chi connectivity index (χ1) is 14.2. The highest BCUT2D eigenvalue weighted by Crippen LogP contribution is 2.27. The van der Waals surface area contributed by atoms with Gasteiger partial charge in [-0.25, -0.2) is 4.99 Å². The van der Waals surface area contributed by atoms with E-state index in [1.807, 2.05) is 39.0 Å². The Kier molecular flexibility index (Phi) is 8.29. The van der Waals surface area contributed by atoms with Crippen molar-refractivity contribution in [1.29, 1.82) is 0 Å². The van der Waals surface area contributed by atoms with Gasteiger partial charge in [-0.1, -0.05) is 6.07 Å². The maximum atomic E-state index is 11.2. The minimum Gasteiger partial charge on any atom is -0.492 e. The molecule has 1 aromatic heterocycles. The van der Waals surface area contributed by atoms with Crippen LogP contribution in [0.1, 0.15) is 37.9 Å². The number of carbonyl (C=O) groups is 1. The minimum atomic E-state index is -1.13. The second kappa shape index (κ2) is 10.7. The Morgan fingerprint density at radius 3 is 2.67 bits per heavy atom.